The zero-order chi connectivity index (χ0) is 25.6. The topological polar surface area (TPSA) is 87.2 Å². The van der Waals surface area contributed by atoms with Gasteiger partial charge >= 0.3 is 5.97 Å². The summed E-state index contributed by atoms with van der Waals surface area (Å²) in [6, 6.07) is 5.64. The van der Waals surface area contributed by atoms with E-state index < -0.39 is 34.6 Å². The number of esters is 1. The largest absolute Gasteiger partial charge is 0.465 e. The number of cyclic esters (lactones) is 1. The Labute approximate surface area is 220 Å². The molecule has 36 heavy (non-hydrogen) atoms. The van der Waals surface area contributed by atoms with Crippen LogP contribution in [0.5, 0.6) is 0 Å². The van der Waals surface area contributed by atoms with Gasteiger partial charge in [-0.15, -0.1) is 11.8 Å². The van der Waals surface area contributed by atoms with E-state index in [-0.39, 0.29) is 36.2 Å². The summed E-state index contributed by atoms with van der Waals surface area (Å²) in [5.74, 6) is -2.36. The molecule has 0 saturated carbocycles. The first-order chi connectivity index (χ1) is 17.3. The first kappa shape index (κ1) is 25.4. The number of benzene rings is 1. The van der Waals surface area contributed by atoms with Gasteiger partial charge in [0.15, 0.2) is 0 Å². The molecular weight excluding hydrogens is 500 g/mol. The molecule has 0 aromatic heterocycles. The van der Waals surface area contributed by atoms with E-state index in [1.807, 2.05) is 38.2 Å². The molecule has 4 aliphatic rings. The van der Waals surface area contributed by atoms with Crippen molar-refractivity contribution >= 4 is 46.8 Å². The van der Waals surface area contributed by atoms with E-state index in [2.05, 4.69) is 0 Å². The Morgan fingerprint density at radius 3 is 2.64 bits per heavy atom. The second-order valence-corrected chi connectivity index (χ2v) is 11.9. The van der Waals surface area contributed by atoms with Crippen LogP contribution in [0.15, 0.2) is 48.6 Å². The number of aliphatic hydroxyl groups is 1. The van der Waals surface area contributed by atoms with Crippen LogP contribution in [0.3, 0.4) is 0 Å². The van der Waals surface area contributed by atoms with Crippen LogP contribution >= 0.6 is 23.4 Å². The Kier molecular flexibility index (Phi) is 6.96. The molecule has 2 fully saturated rings. The number of nitrogens with zero attached hydrogens (tertiary/aromatic N) is 2. The van der Waals surface area contributed by atoms with Crippen molar-refractivity contribution in [1.29, 1.82) is 0 Å². The van der Waals surface area contributed by atoms with Crippen LogP contribution in [0.2, 0.25) is 5.02 Å². The lowest BCUT2D eigenvalue weighted by molar-refractivity contribution is -0.153. The maximum absolute atomic E-state index is 14.4. The lowest BCUT2D eigenvalue weighted by atomic mass is 9.78. The highest BCUT2D eigenvalue weighted by Gasteiger charge is 2.72. The zero-order valence-electron chi connectivity index (χ0n) is 20.4. The second kappa shape index (κ2) is 9.88. The van der Waals surface area contributed by atoms with Gasteiger partial charge in [0, 0.05) is 22.5 Å². The van der Waals surface area contributed by atoms with E-state index in [0.29, 0.717) is 23.7 Å². The molecule has 5 rings (SSSR count). The minimum atomic E-state index is -0.945. The van der Waals surface area contributed by atoms with Gasteiger partial charge in [-0.05, 0) is 36.6 Å². The maximum Gasteiger partial charge on any atom is 0.311 e. The van der Waals surface area contributed by atoms with Crippen molar-refractivity contribution in [2.45, 2.75) is 48.8 Å². The molecule has 1 aromatic carbocycles. The molecule has 1 spiro atoms. The summed E-state index contributed by atoms with van der Waals surface area (Å²) in [7, 11) is 0. The van der Waals surface area contributed by atoms with Crippen LogP contribution in [-0.4, -0.2) is 69.6 Å². The van der Waals surface area contributed by atoms with Crippen molar-refractivity contribution in [3.8, 4) is 0 Å². The number of carbonyl (C=O) groups is 3. The van der Waals surface area contributed by atoms with E-state index in [1.54, 1.807) is 34.1 Å². The molecule has 4 aliphatic heterocycles. The SMILES string of the molecule is CC[C@H](C)[C@H](CO)N1C(=O)[C@@H]2[C@@H]3C(=O)OCCC=C[C@@H]3S[C@@]23C=CCN(c2ccc(Cl)cc2)C(=O)C13. The molecule has 7 nitrogen and oxygen atoms in total. The molecule has 4 heterocycles. The maximum atomic E-state index is 14.4. The monoisotopic (exact) mass is 530 g/mol. The Bertz CT molecular complexity index is 1110. The van der Waals surface area contributed by atoms with Crippen LogP contribution in [-0.2, 0) is 19.1 Å². The molecule has 2 amide bonds. The molecule has 0 aliphatic carbocycles. The number of aliphatic hydroxyl groups excluding tert-OH is 1. The van der Waals surface area contributed by atoms with Gasteiger partial charge < -0.3 is 19.6 Å². The van der Waals surface area contributed by atoms with E-state index in [4.69, 9.17) is 16.3 Å². The van der Waals surface area contributed by atoms with Crippen molar-refractivity contribution in [3.63, 3.8) is 0 Å². The molecule has 192 valence electrons. The summed E-state index contributed by atoms with van der Waals surface area (Å²) >= 11 is 7.60. The Morgan fingerprint density at radius 1 is 1.19 bits per heavy atom. The lowest BCUT2D eigenvalue weighted by Gasteiger charge is -2.40. The highest BCUT2D eigenvalue weighted by atomic mass is 35.5. The molecule has 0 bridgehead atoms. The number of halogens is 1. The first-order valence-electron chi connectivity index (χ1n) is 12.5. The number of thioether (sulfide) groups is 1. The van der Waals surface area contributed by atoms with Crippen molar-refractivity contribution in [2.24, 2.45) is 17.8 Å². The van der Waals surface area contributed by atoms with Gasteiger partial charge in [0.05, 0.1) is 35.8 Å². The van der Waals surface area contributed by atoms with Crippen LogP contribution in [0, 0.1) is 17.8 Å². The van der Waals surface area contributed by atoms with Crippen molar-refractivity contribution in [1.82, 2.24) is 4.90 Å². The zero-order valence-corrected chi connectivity index (χ0v) is 22.0. The van der Waals surface area contributed by atoms with Crippen molar-refractivity contribution in [3.05, 3.63) is 53.6 Å². The normalized spacial score (nSPS) is 33.3. The summed E-state index contributed by atoms with van der Waals surface area (Å²) in [6.45, 7) is 4.32. The average molecular weight is 531 g/mol. The van der Waals surface area contributed by atoms with Gasteiger partial charge in [-0.25, -0.2) is 0 Å². The molecule has 1 unspecified atom stereocenters. The fourth-order valence-corrected chi connectivity index (χ4v) is 8.19. The van der Waals surface area contributed by atoms with E-state index in [0.717, 1.165) is 6.42 Å². The molecule has 9 heteroatoms. The number of anilines is 1. The molecule has 2 saturated heterocycles. The van der Waals surface area contributed by atoms with E-state index in [1.165, 1.54) is 11.8 Å². The van der Waals surface area contributed by atoms with Gasteiger partial charge in [-0.3, -0.25) is 14.4 Å². The van der Waals surface area contributed by atoms with Crippen molar-refractivity contribution < 1.29 is 24.2 Å². The quantitative estimate of drug-likeness (QED) is 0.463. The Morgan fingerprint density at radius 2 is 1.94 bits per heavy atom. The summed E-state index contributed by atoms with van der Waals surface area (Å²) in [5, 5.41) is 10.7. The average Bonchev–Trinajstić information content (AvgIpc) is 3.24. The fraction of sp³-hybridized carbons (Fsp3) is 0.519. The number of amides is 2. The number of rotatable bonds is 5. The molecular formula is C27H31ClN2O5S. The van der Waals surface area contributed by atoms with Gasteiger partial charge in [-0.1, -0.05) is 56.2 Å². The van der Waals surface area contributed by atoms with E-state index in [9.17, 15) is 19.5 Å². The summed E-state index contributed by atoms with van der Waals surface area (Å²) < 4.78 is 4.58. The molecule has 1 aromatic rings. The fourth-order valence-electron chi connectivity index (χ4n) is 6.07. The van der Waals surface area contributed by atoms with Crippen LogP contribution in [0.4, 0.5) is 5.69 Å². The van der Waals surface area contributed by atoms with Gasteiger partial charge in [0.25, 0.3) is 5.91 Å². The minimum absolute atomic E-state index is 0.0381. The standard InChI is InChI=1S/C27H31ClN2O5S/c1-3-16(2)19(15-31)30-23-25(33)29(18-10-8-17(28)9-11-18)13-6-12-27(23)22(24(30)32)21-20(36-27)7-4-5-14-35-26(21)34/h4,6-12,16,19-23,31H,3,5,13-15H2,1-2H3/t16-,19-,20-,21+,22-,23?,27-/m0/s1. The van der Waals surface area contributed by atoms with Gasteiger partial charge in [0.1, 0.15) is 6.04 Å². The third-order valence-electron chi connectivity index (χ3n) is 8.04. The highest BCUT2D eigenvalue weighted by molar-refractivity contribution is 8.02. The number of likely N-dealkylation sites (tertiary alicyclic amines) is 1. The third kappa shape index (κ3) is 3.89. The Balaban J connectivity index is 1.66. The molecule has 1 N–H and O–H groups in total. The first-order valence-corrected chi connectivity index (χ1v) is 13.8. The lowest BCUT2D eigenvalue weighted by Crippen LogP contribution is -2.58. The summed E-state index contributed by atoms with van der Waals surface area (Å²) in [5.41, 5.74) is 0.680. The van der Waals surface area contributed by atoms with Gasteiger partial charge in [-0.2, -0.15) is 0 Å². The third-order valence-corrected chi connectivity index (χ3v) is 10.0. The number of hydrogen-bond donors (Lipinski definition) is 1. The highest BCUT2D eigenvalue weighted by Crippen LogP contribution is 2.61. The smallest absolute Gasteiger partial charge is 0.311 e. The minimum Gasteiger partial charge on any atom is -0.465 e. The predicted molar refractivity (Wildman–Crippen MR) is 140 cm³/mol. The Hall–Kier alpha value is -2.29. The van der Waals surface area contributed by atoms with E-state index >= 15 is 0 Å². The van der Waals surface area contributed by atoms with Crippen LogP contribution < -0.4 is 4.90 Å². The van der Waals surface area contributed by atoms with Crippen LogP contribution in [0.25, 0.3) is 0 Å². The summed E-state index contributed by atoms with van der Waals surface area (Å²) in [6.07, 6.45) is 9.23. The van der Waals surface area contributed by atoms with Crippen molar-refractivity contribution in [2.75, 3.05) is 24.7 Å². The van der Waals surface area contributed by atoms with Gasteiger partial charge in [0.2, 0.25) is 5.91 Å². The molecule has 7 atom stereocenters. The van der Waals surface area contributed by atoms with Crippen LogP contribution in [0.1, 0.15) is 26.7 Å². The number of carbonyl (C=O) groups excluding carboxylic acids is 3. The predicted octanol–water partition coefficient (Wildman–Crippen LogP) is 3.45. The number of hydrogen-bond acceptors (Lipinski definition) is 6. The summed E-state index contributed by atoms with van der Waals surface area (Å²) in [4.78, 5) is 45.1. The number of fused-ring (bicyclic) bond motifs is 2. The second-order valence-electron chi connectivity index (χ2n) is 9.93. The molecule has 0 radical (unpaired) electrons. The number of ether oxygens (including phenoxy) is 1.